The maximum atomic E-state index is 4.02. The topological polar surface area (TPSA) is 12.9 Å². The van der Waals surface area contributed by atoms with Gasteiger partial charge >= 0.3 is 0 Å². The minimum absolute atomic E-state index is 0.415. The fraction of sp³-hybridized carbons (Fsp3) is 0.250. The summed E-state index contributed by atoms with van der Waals surface area (Å²) >= 11 is 5.58. The molecule has 0 spiro atoms. The van der Waals surface area contributed by atoms with Crippen LogP contribution in [-0.4, -0.2) is 4.98 Å². The van der Waals surface area contributed by atoms with E-state index in [1.54, 1.807) is 0 Å². The Hall–Kier alpha value is -0.670. The van der Waals surface area contributed by atoms with Crippen molar-refractivity contribution in [1.82, 2.24) is 4.98 Å². The lowest BCUT2D eigenvalue weighted by molar-refractivity contribution is 0.964. The highest BCUT2D eigenvalue weighted by molar-refractivity contribution is 9.09. The largest absolute Gasteiger partial charge is 0.265 e. The fourth-order valence-corrected chi connectivity index (χ4v) is 3.11. The Morgan fingerprint density at radius 2 is 2.00 bits per heavy atom. The Balaban J connectivity index is 2.07. The lowest BCUT2D eigenvalue weighted by Gasteiger charge is -2.06. The number of thiophene rings is 1. The summed E-state index contributed by atoms with van der Waals surface area (Å²) in [7, 11) is 0. The maximum absolute atomic E-state index is 4.02. The fourth-order valence-electron chi connectivity index (χ4n) is 1.45. The third-order valence-electron chi connectivity index (χ3n) is 2.23. The monoisotopic (exact) mass is 281 g/mol. The molecule has 0 fully saturated rings. The number of hydrogen-bond acceptors (Lipinski definition) is 2. The van der Waals surface area contributed by atoms with Gasteiger partial charge in [-0.15, -0.1) is 11.3 Å². The first-order valence-corrected chi connectivity index (χ1v) is 6.58. The Morgan fingerprint density at radius 3 is 2.60 bits per heavy atom. The number of alkyl halides is 1. The van der Waals surface area contributed by atoms with Gasteiger partial charge in [-0.3, -0.25) is 4.98 Å². The van der Waals surface area contributed by atoms with Gasteiger partial charge in [0.2, 0.25) is 0 Å². The summed E-state index contributed by atoms with van der Waals surface area (Å²) in [6.45, 7) is 2.14. The summed E-state index contributed by atoms with van der Waals surface area (Å²) in [6.07, 6.45) is 4.70. The van der Waals surface area contributed by atoms with Gasteiger partial charge in [-0.25, -0.2) is 0 Å². The lowest BCUT2D eigenvalue weighted by atomic mass is 10.1. The van der Waals surface area contributed by atoms with Crippen LogP contribution in [0.25, 0.3) is 0 Å². The molecule has 2 heterocycles. The van der Waals surface area contributed by atoms with E-state index in [-0.39, 0.29) is 0 Å². The van der Waals surface area contributed by atoms with Gasteiger partial charge < -0.3 is 0 Å². The minimum Gasteiger partial charge on any atom is -0.265 e. The van der Waals surface area contributed by atoms with Crippen molar-refractivity contribution >= 4 is 27.3 Å². The van der Waals surface area contributed by atoms with Gasteiger partial charge in [0, 0.05) is 22.1 Å². The second-order valence-electron chi connectivity index (χ2n) is 3.48. The molecule has 0 aliphatic rings. The Morgan fingerprint density at radius 1 is 1.27 bits per heavy atom. The Labute approximate surface area is 102 Å². The first-order valence-electron chi connectivity index (χ1n) is 4.85. The molecule has 0 saturated carbocycles. The van der Waals surface area contributed by atoms with Crippen molar-refractivity contribution in [2.24, 2.45) is 0 Å². The summed E-state index contributed by atoms with van der Waals surface area (Å²) in [6, 6.07) is 8.49. The van der Waals surface area contributed by atoms with Crippen LogP contribution in [0.15, 0.2) is 36.7 Å². The van der Waals surface area contributed by atoms with E-state index in [1.165, 1.54) is 15.3 Å². The average molecular weight is 282 g/mol. The number of aromatic nitrogens is 1. The molecular formula is C12H12BrNS. The predicted octanol–water partition coefficient (Wildman–Crippen LogP) is 4.13. The van der Waals surface area contributed by atoms with Crippen LogP contribution < -0.4 is 0 Å². The van der Waals surface area contributed by atoms with E-state index >= 15 is 0 Å². The van der Waals surface area contributed by atoms with E-state index < -0.39 is 0 Å². The highest BCUT2D eigenvalue weighted by Gasteiger charge is 2.09. The van der Waals surface area contributed by atoms with E-state index in [9.17, 15) is 0 Å². The van der Waals surface area contributed by atoms with E-state index in [4.69, 9.17) is 0 Å². The molecule has 1 unspecified atom stereocenters. The van der Waals surface area contributed by atoms with Crippen LogP contribution in [0.1, 0.15) is 20.1 Å². The molecule has 0 radical (unpaired) electrons. The molecule has 0 aliphatic heterocycles. The molecule has 15 heavy (non-hydrogen) atoms. The van der Waals surface area contributed by atoms with Gasteiger partial charge in [0.25, 0.3) is 0 Å². The zero-order valence-corrected chi connectivity index (χ0v) is 10.9. The minimum atomic E-state index is 0.415. The molecule has 0 aliphatic carbocycles. The quantitative estimate of drug-likeness (QED) is 0.771. The SMILES string of the molecule is Cc1ccc(C(Br)Cc2ccncc2)s1. The standard InChI is InChI=1S/C12H12BrNS/c1-9-2-3-12(15-9)11(13)8-10-4-6-14-7-5-10/h2-7,11H,8H2,1H3. The smallest absolute Gasteiger partial charge is 0.0529 e. The zero-order valence-electron chi connectivity index (χ0n) is 8.48. The molecule has 0 bridgehead atoms. The third kappa shape index (κ3) is 2.89. The lowest BCUT2D eigenvalue weighted by Crippen LogP contribution is -1.92. The molecule has 0 saturated heterocycles. The molecule has 1 atom stereocenters. The summed E-state index contributed by atoms with van der Waals surface area (Å²) < 4.78 is 0. The predicted molar refractivity (Wildman–Crippen MR) is 68.7 cm³/mol. The molecule has 0 N–H and O–H groups in total. The van der Waals surface area contributed by atoms with Gasteiger partial charge in [-0.1, -0.05) is 15.9 Å². The number of hydrogen-bond donors (Lipinski definition) is 0. The van der Waals surface area contributed by atoms with E-state index in [0.29, 0.717) is 4.83 Å². The highest BCUT2D eigenvalue weighted by atomic mass is 79.9. The molecule has 2 rings (SSSR count). The van der Waals surface area contributed by atoms with E-state index in [0.717, 1.165) is 6.42 Å². The van der Waals surface area contributed by atoms with Crippen molar-refractivity contribution in [3.05, 3.63) is 52.0 Å². The summed E-state index contributed by atoms with van der Waals surface area (Å²) in [4.78, 5) is 7.19. The van der Waals surface area contributed by atoms with Gasteiger partial charge in [0.15, 0.2) is 0 Å². The maximum Gasteiger partial charge on any atom is 0.0529 e. The van der Waals surface area contributed by atoms with Crippen molar-refractivity contribution in [2.75, 3.05) is 0 Å². The molecule has 3 heteroatoms. The number of nitrogens with zero attached hydrogens (tertiary/aromatic N) is 1. The number of pyridine rings is 1. The molecule has 2 aromatic heterocycles. The van der Waals surface area contributed by atoms with Crippen molar-refractivity contribution in [2.45, 2.75) is 18.2 Å². The number of rotatable bonds is 3. The first-order chi connectivity index (χ1) is 7.25. The van der Waals surface area contributed by atoms with Crippen LogP contribution in [0.4, 0.5) is 0 Å². The van der Waals surface area contributed by atoms with Crippen molar-refractivity contribution in [3.63, 3.8) is 0 Å². The van der Waals surface area contributed by atoms with Crippen LogP contribution in [0, 0.1) is 6.92 Å². The molecule has 78 valence electrons. The van der Waals surface area contributed by atoms with Gasteiger partial charge in [0.1, 0.15) is 0 Å². The van der Waals surface area contributed by atoms with Crippen molar-refractivity contribution in [1.29, 1.82) is 0 Å². The summed E-state index contributed by atoms with van der Waals surface area (Å²) in [5.74, 6) is 0. The van der Waals surface area contributed by atoms with Crippen molar-refractivity contribution in [3.8, 4) is 0 Å². The van der Waals surface area contributed by atoms with Crippen LogP contribution in [0.2, 0.25) is 0 Å². The van der Waals surface area contributed by atoms with Crippen LogP contribution in [-0.2, 0) is 6.42 Å². The van der Waals surface area contributed by atoms with Crippen LogP contribution in [0.3, 0.4) is 0 Å². The zero-order chi connectivity index (χ0) is 10.7. The van der Waals surface area contributed by atoms with E-state index in [2.05, 4.69) is 52.1 Å². The molecule has 2 aromatic rings. The number of halogens is 1. The molecule has 1 nitrogen and oxygen atoms in total. The van der Waals surface area contributed by atoms with Crippen LogP contribution in [0.5, 0.6) is 0 Å². The van der Waals surface area contributed by atoms with Gasteiger partial charge in [-0.05, 0) is 43.2 Å². The van der Waals surface area contributed by atoms with Gasteiger partial charge in [0.05, 0.1) is 4.83 Å². The second kappa shape index (κ2) is 4.90. The normalized spacial score (nSPS) is 12.7. The third-order valence-corrected chi connectivity index (χ3v) is 4.47. The summed E-state index contributed by atoms with van der Waals surface area (Å²) in [5.41, 5.74) is 1.32. The van der Waals surface area contributed by atoms with Crippen LogP contribution >= 0.6 is 27.3 Å². The second-order valence-corrected chi connectivity index (χ2v) is 5.90. The summed E-state index contributed by atoms with van der Waals surface area (Å²) in [5, 5.41) is 0. The van der Waals surface area contributed by atoms with Gasteiger partial charge in [-0.2, -0.15) is 0 Å². The first kappa shape index (κ1) is 10.8. The van der Waals surface area contributed by atoms with E-state index in [1.807, 2.05) is 23.7 Å². The highest BCUT2D eigenvalue weighted by Crippen LogP contribution is 2.31. The molecular weight excluding hydrogens is 270 g/mol. The average Bonchev–Trinajstić information content (AvgIpc) is 2.66. The molecule has 0 amide bonds. The molecule has 0 aromatic carbocycles. The Kier molecular flexibility index (Phi) is 3.54. The Bertz CT molecular complexity index is 424. The number of aryl methyl sites for hydroxylation is 1. The van der Waals surface area contributed by atoms with Crippen molar-refractivity contribution < 1.29 is 0 Å².